The van der Waals surface area contributed by atoms with Crippen molar-refractivity contribution >= 4 is 15.9 Å². The molecule has 2 rings (SSSR count). The fourth-order valence-corrected chi connectivity index (χ4v) is 3.88. The second-order valence-electron chi connectivity index (χ2n) is 5.64. The average molecular weight is 357 g/mol. The summed E-state index contributed by atoms with van der Waals surface area (Å²) < 4.78 is 16.4. The Kier molecular flexibility index (Phi) is 6.22. The van der Waals surface area contributed by atoms with E-state index in [9.17, 15) is 0 Å². The van der Waals surface area contributed by atoms with Crippen LogP contribution in [0.4, 0.5) is 0 Å². The summed E-state index contributed by atoms with van der Waals surface area (Å²) in [6, 6.07) is 3.84. The van der Waals surface area contributed by atoms with Gasteiger partial charge in [0.25, 0.3) is 0 Å². The predicted octanol–water partition coefficient (Wildman–Crippen LogP) is 5.12. The molecule has 1 atom stereocenters. The minimum Gasteiger partial charge on any atom is -0.496 e. The van der Waals surface area contributed by atoms with Crippen LogP contribution in [0.15, 0.2) is 12.1 Å². The Hall–Kier alpha value is -0.900. The van der Waals surface area contributed by atoms with Gasteiger partial charge >= 0.3 is 0 Å². The van der Waals surface area contributed by atoms with E-state index in [1.807, 2.05) is 12.1 Å². The topological polar surface area (TPSA) is 27.7 Å². The van der Waals surface area contributed by atoms with Crippen LogP contribution in [0.2, 0.25) is 0 Å². The molecule has 0 heterocycles. The van der Waals surface area contributed by atoms with Crippen LogP contribution in [0, 0.1) is 5.92 Å². The van der Waals surface area contributed by atoms with Gasteiger partial charge in [-0.25, -0.2) is 0 Å². The third-order valence-electron chi connectivity index (χ3n) is 4.37. The summed E-state index contributed by atoms with van der Waals surface area (Å²) in [7, 11) is 5.03. The van der Waals surface area contributed by atoms with E-state index in [0.29, 0.717) is 0 Å². The van der Waals surface area contributed by atoms with Crippen molar-refractivity contribution in [1.29, 1.82) is 0 Å². The lowest BCUT2D eigenvalue weighted by Gasteiger charge is -2.20. The largest absolute Gasteiger partial charge is 0.496 e. The SMILES string of the molecule is COc1cc(OC)c(C(Br)CCC2CCCC2)c(OC)c1. The number of methoxy groups -OCH3 is 3. The Morgan fingerprint density at radius 2 is 1.62 bits per heavy atom. The van der Waals surface area contributed by atoms with Crippen molar-refractivity contribution in [3.63, 3.8) is 0 Å². The van der Waals surface area contributed by atoms with Crippen molar-refractivity contribution in [2.45, 2.75) is 43.4 Å². The third-order valence-corrected chi connectivity index (χ3v) is 5.29. The molecule has 1 aromatic carbocycles. The summed E-state index contributed by atoms with van der Waals surface area (Å²) in [5, 5.41) is 0. The van der Waals surface area contributed by atoms with Gasteiger partial charge in [-0.15, -0.1) is 0 Å². The molecule has 1 aliphatic rings. The van der Waals surface area contributed by atoms with E-state index >= 15 is 0 Å². The molecule has 0 amide bonds. The number of halogens is 1. The third kappa shape index (κ3) is 4.06. The molecular weight excluding hydrogens is 332 g/mol. The van der Waals surface area contributed by atoms with Crippen LogP contribution in [-0.4, -0.2) is 21.3 Å². The molecule has 1 aromatic rings. The molecule has 1 fully saturated rings. The summed E-state index contributed by atoms with van der Waals surface area (Å²) in [5.41, 5.74) is 1.08. The van der Waals surface area contributed by atoms with E-state index in [0.717, 1.165) is 35.2 Å². The van der Waals surface area contributed by atoms with Gasteiger partial charge in [0.05, 0.1) is 26.9 Å². The van der Waals surface area contributed by atoms with Crippen molar-refractivity contribution in [1.82, 2.24) is 0 Å². The Labute approximate surface area is 136 Å². The summed E-state index contributed by atoms with van der Waals surface area (Å²) in [6.45, 7) is 0. The van der Waals surface area contributed by atoms with Gasteiger partial charge in [-0.1, -0.05) is 41.6 Å². The minimum absolute atomic E-state index is 0.244. The van der Waals surface area contributed by atoms with Crippen LogP contribution in [0.5, 0.6) is 17.2 Å². The Balaban J connectivity index is 2.15. The summed E-state index contributed by atoms with van der Waals surface area (Å²) in [6.07, 6.45) is 7.92. The van der Waals surface area contributed by atoms with Gasteiger partial charge in [-0.05, 0) is 18.8 Å². The zero-order valence-corrected chi connectivity index (χ0v) is 14.7. The molecule has 1 aliphatic carbocycles. The molecule has 0 N–H and O–H groups in total. The maximum atomic E-state index is 5.53. The Bertz CT molecular complexity index is 430. The quantitative estimate of drug-likeness (QED) is 0.634. The van der Waals surface area contributed by atoms with Crippen LogP contribution in [-0.2, 0) is 0 Å². The number of hydrogen-bond donors (Lipinski definition) is 0. The number of benzene rings is 1. The zero-order chi connectivity index (χ0) is 15.2. The number of ether oxygens (including phenoxy) is 3. The lowest BCUT2D eigenvalue weighted by atomic mass is 9.97. The van der Waals surface area contributed by atoms with E-state index in [1.54, 1.807) is 21.3 Å². The van der Waals surface area contributed by atoms with E-state index in [4.69, 9.17) is 14.2 Å². The Morgan fingerprint density at radius 1 is 1.05 bits per heavy atom. The van der Waals surface area contributed by atoms with Crippen LogP contribution in [0.25, 0.3) is 0 Å². The highest BCUT2D eigenvalue weighted by molar-refractivity contribution is 9.09. The monoisotopic (exact) mass is 356 g/mol. The minimum atomic E-state index is 0.244. The van der Waals surface area contributed by atoms with Gasteiger partial charge in [-0.3, -0.25) is 0 Å². The highest BCUT2D eigenvalue weighted by atomic mass is 79.9. The summed E-state index contributed by atoms with van der Waals surface area (Å²) >= 11 is 3.82. The molecule has 0 saturated heterocycles. The van der Waals surface area contributed by atoms with E-state index in [1.165, 1.54) is 32.1 Å². The predicted molar refractivity (Wildman–Crippen MR) is 89.0 cm³/mol. The second kappa shape index (κ2) is 7.92. The van der Waals surface area contributed by atoms with Crippen LogP contribution < -0.4 is 14.2 Å². The average Bonchev–Trinajstić information content (AvgIpc) is 3.04. The first kappa shape index (κ1) is 16.5. The maximum absolute atomic E-state index is 5.53. The molecule has 0 aliphatic heterocycles. The number of alkyl halides is 1. The van der Waals surface area contributed by atoms with Gasteiger partial charge in [0.15, 0.2) is 0 Å². The first-order valence-electron chi connectivity index (χ1n) is 7.63. The van der Waals surface area contributed by atoms with Gasteiger partial charge in [0, 0.05) is 17.0 Å². The zero-order valence-electron chi connectivity index (χ0n) is 13.2. The molecular formula is C17H25BrO3. The lowest BCUT2D eigenvalue weighted by Crippen LogP contribution is -2.02. The van der Waals surface area contributed by atoms with E-state index in [2.05, 4.69) is 15.9 Å². The normalized spacial score (nSPS) is 16.8. The fraction of sp³-hybridized carbons (Fsp3) is 0.647. The second-order valence-corrected chi connectivity index (χ2v) is 6.75. The van der Waals surface area contributed by atoms with Gasteiger partial charge < -0.3 is 14.2 Å². The molecule has 3 nitrogen and oxygen atoms in total. The summed E-state index contributed by atoms with van der Waals surface area (Å²) in [4.78, 5) is 0.244. The lowest BCUT2D eigenvalue weighted by molar-refractivity contribution is 0.366. The van der Waals surface area contributed by atoms with Crippen molar-refractivity contribution in [3.05, 3.63) is 17.7 Å². The van der Waals surface area contributed by atoms with Gasteiger partial charge in [-0.2, -0.15) is 0 Å². The molecule has 118 valence electrons. The fourth-order valence-electron chi connectivity index (χ4n) is 3.17. The molecule has 0 aromatic heterocycles. The Morgan fingerprint density at radius 3 is 2.10 bits per heavy atom. The van der Waals surface area contributed by atoms with Crippen molar-refractivity contribution in [3.8, 4) is 17.2 Å². The van der Waals surface area contributed by atoms with Crippen LogP contribution in [0.3, 0.4) is 0 Å². The number of rotatable bonds is 7. The molecule has 0 radical (unpaired) electrons. The first-order chi connectivity index (χ1) is 10.2. The standard InChI is InChI=1S/C17H25BrO3/c1-19-13-10-15(20-2)17(16(11-13)21-3)14(18)9-8-12-6-4-5-7-12/h10-12,14H,4-9H2,1-3H3. The van der Waals surface area contributed by atoms with Gasteiger partial charge in [0.1, 0.15) is 17.2 Å². The van der Waals surface area contributed by atoms with Crippen LogP contribution >= 0.6 is 15.9 Å². The highest BCUT2D eigenvalue weighted by Gasteiger charge is 2.22. The van der Waals surface area contributed by atoms with E-state index < -0.39 is 0 Å². The van der Waals surface area contributed by atoms with Gasteiger partial charge in [0.2, 0.25) is 0 Å². The maximum Gasteiger partial charge on any atom is 0.130 e. The van der Waals surface area contributed by atoms with Crippen molar-refractivity contribution < 1.29 is 14.2 Å². The molecule has 0 bridgehead atoms. The van der Waals surface area contributed by atoms with Crippen LogP contribution in [0.1, 0.15) is 48.9 Å². The molecule has 0 spiro atoms. The molecule has 1 unspecified atom stereocenters. The van der Waals surface area contributed by atoms with Crippen molar-refractivity contribution in [2.24, 2.45) is 5.92 Å². The molecule has 4 heteroatoms. The first-order valence-corrected chi connectivity index (χ1v) is 8.55. The van der Waals surface area contributed by atoms with E-state index in [-0.39, 0.29) is 4.83 Å². The van der Waals surface area contributed by atoms with Crippen molar-refractivity contribution in [2.75, 3.05) is 21.3 Å². The molecule has 21 heavy (non-hydrogen) atoms. The highest BCUT2D eigenvalue weighted by Crippen LogP contribution is 2.44. The summed E-state index contributed by atoms with van der Waals surface area (Å²) in [5.74, 6) is 3.28. The number of hydrogen-bond acceptors (Lipinski definition) is 3. The molecule has 1 saturated carbocycles. The smallest absolute Gasteiger partial charge is 0.130 e.